The molecule has 0 aliphatic carbocycles. The van der Waals surface area contributed by atoms with Gasteiger partial charge < -0.3 is 18.6 Å². The number of carbonyl (C=O) groups is 1. The molecule has 12 heteroatoms. The summed E-state index contributed by atoms with van der Waals surface area (Å²) in [5.74, 6) is 2.05. The maximum atomic E-state index is 13.4. The fraction of sp³-hybridized carbons (Fsp3) is 0.360. The molecule has 0 bridgehead atoms. The van der Waals surface area contributed by atoms with Crippen molar-refractivity contribution in [3.8, 4) is 28.6 Å². The van der Waals surface area contributed by atoms with Crippen molar-refractivity contribution in [2.45, 2.75) is 25.4 Å². The van der Waals surface area contributed by atoms with E-state index in [0.717, 1.165) is 49.5 Å². The second-order valence-electron chi connectivity index (χ2n) is 8.84. The Bertz CT molecular complexity index is 1310. The summed E-state index contributed by atoms with van der Waals surface area (Å²) in [4.78, 5) is 21.8. The van der Waals surface area contributed by atoms with Crippen molar-refractivity contribution in [2.24, 2.45) is 5.14 Å². The van der Waals surface area contributed by atoms with Gasteiger partial charge in [-0.3, -0.25) is 9.47 Å². The molecular weight excluding hydrogens is 498 g/mol. The maximum Gasteiger partial charge on any atom is 0.380 e. The van der Waals surface area contributed by atoms with Crippen molar-refractivity contribution in [3.05, 3.63) is 60.4 Å². The number of hydrogen-bond donors (Lipinski definition) is 1. The number of piperidine rings is 1. The van der Waals surface area contributed by atoms with Crippen molar-refractivity contribution >= 4 is 16.3 Å². The number of imidazole rings is 1. The Morgan fingerprint density at radius 3 is 2.24 bits per heavy atom. The largest absolute Gasteiger partial charge is 0.497 e. The summed E-state index contributed by atoms with van der Waals surface area (Å²) < 4.78 is 39.2. The van der Waals surface area contributed by atoms with Crippen molar-refractivity contribution in [2.75, 3.05) is 34.4 Å². The molecule has 0 radical (unpaired) electrons. The molecule has 2 aromatic carbocycles. The molecule has 1 amide bonds. The van der Waals surface area contributed by atoms with Gasteiger partial charge in [0.05, 0.1) is 14.2 Å². The molecule has 198 valence electrons. The van der Waals surface area contributed by atoms with Crippen molar-refractivity contribution < 1.29 is 26.9 Å². The van der Waals surface area contributed by atoms with E-state index in [4.69, 9.17) is 14.6 Å². The fourth-order valence-corrected chi connectivity index (χ4v) is 4.85. The van der Waals surface area contributed by atoms with Crippen LogP contribution in [0.25, 0.3) is 11.4 Å². The average Bonchev–Trinajstić information content (AvgIpc) is 3.37. The zero-order valence-corrected chi connectivity index (χ0v) is 21.8. The van der Waals surface area contributed by atoms with Gasteiger partial charge in [-0.15, -0.1) is 0 Å². The lowest BCUT2D eigenvalue weighted by molar-refractivity contribution is 0.132. The second kappa shape index (κ2) is 11.2. The van der Waals surface area contributed by atoms with E-state index in [1.807, 2.05) is 25.2 Å². The van der Waals surface area contributed by atoms with Crippen LogP contribution >= 0.6 is 0 Å². The van der Waals surface area contributed by atoms with Gasteiger partial charge in [-0.1, -0.05) is 0 Å². The minimum atomic E-state index is -4.11. The maximum absolute atomic E-state index is 13.4. The lowest BCUT2D eigenvalue weighted by Crippen LogP contribution is -2.46. The molecule has 1 aliphatic heterocycles. The summed E-state index contributed by atoms with van der Waals surface area (Å²) in [6.07, 6.45) is 4.86. The second-order valence-corrected chi connectivity index (χ2v) is 10.00. The summed E-state index contributed by atoms with van der Waals surface area (Å²) in [5.41, 5.74) is 1.75. The molecule has 1 fully saturated rings. The van der Waals surface area contributed by atoms with Crippen LogP contribution in [0.1, 0.15) is 18.4 Å². The van der Waals surface area contributed by atoms with Gasteiger partial charge in [-0.25, -0.2) is 9.78 Å². The molecule has 1 aliphatic rings. The summed E-state index contributed by atoms with van der Waals surface area (Å²) >= 11 is 0. The van der Waals surface area contributed by atoms with Crippen LogP contribution in [0.3, 0.4) is 0 Å². The number of hydrogen-bond acceptors (Lipinski definition) is 8. The number of nitrogens with zero attached hydrogens (tertiary/aromatic N) is 4. The predicted molar refractivity (Wildman–Crippen MR) is 138 cm³/mol. The monoisotopic (exact) mass is 529 g/mol. The van der Waals surface area contributed by atoms with Gasteiger partial charge in [0.25, 0.3) is 0 Å². The molecule has 1 saturated heterocycles. The highest BCUT2D eigenvalue weighted by Gasteiger charge is 2.27. The quantitative estimate of drug-likeness (QED) is 0.472. The van der Waals surface area contributed by atoms with Crippen molar-refractivity contribution in [3.63, 3.8) is 0 Å². The fourth-order valence-electron chi connectivity index (χ4n) is 4.47. The molecule has 1 aromatic heterocycles. The van der Waals surface area contributed by atoms with Gasteiger partial charge in [0, 0.05) is 56.7 Å². The number of aromatic nitrogens is 2. The van der Waals surface area contributed by atoms with E-state index in [2.05, 4.69) is 14.1 Å². The SMILES string of the molecule is COc1cc(CN2CCC(N(C)C(=O)n3ccnc3-c3ccc(OS(N)(=O)=O)cc3)CC2)cc(OC)c1. The molecule has 37 heavy (non-hydrogen) atoms. The van der Waals surface area contributed by atoms with Crippen LogP contribution < -0.4 is 18.8 Å². The summed E-state index contributed by atoms with van der Waals surface area (Å²) in [5, 5.41) is 4.91. The van der Waals surface area contributed by atoms with E-state index < -0.39 is 10.3 Å². The van der Waals surface area contributed by atoms with Crippen molar-refractivity contribution in [1.82, 2.24) is 19.4 Å². The zero-order valence-electron chi connectivity index (χ0n) is 21.0. The van der Waals surface area contributed by atoms with E-state index in [-0.39, 0.29) is 17.8 Å². The normalized spacial score (nSPS) is 14.8. The van der Waals surface area contributed by atoms with Crippen LogP contribution in [0.2, 0.25) is 0 Å². The Kier molecular flexibility index (Phi) is 8.00. The van der Waals surface area contributed by atoms with Gasteiger partial charge in [-0.05, 0) is 54.8 Å². The third-order valence-corrected chi connectivity index (χ3v) is 6.82. The molecule has 2 heterocycles. The number of nitrogens with two attached hydrogens (primary N) is 1. The van der Waals surface area contributed by atoms with Gasteiger partial charge in [0.1, 0.15) is 23.1 Å². The number of rotatable bonds is 8. The van der Waals surface area contributed by atoms with E-state index in [1.54, 1.807) is 43.6 Å². The van der Waals surface area contributed by atoms with Crippen LogP contribution in [0.5, 0.6) is 17.2 Å². The third-order valence-electron chi connectivity index (χ3n) is 6.40. The first kappa shape index (κ1) is 26.5. The molecular formula is C25H31N5O6S. The average molecular weight is 530 g/mol. The van der Waals surface area contributed by atoms with Crippen LogP contribution in [-0.4, -0.2) is 74.2 Å². The highest BCUT2D eigenvalue weighted by molar-refractivity contribution is 7.84. The van der Waals surface area contributed by atoms with Gasteiger partial charge in [0.2, 0.25) is 0 Å². The van der Waals surface area contributed by atoms with E-state index in [0.29, 0.717) is 11.4 Å². The summed E-state index contributed by atoms with van der Waals surface area (Å²) in [6.45, 7) is 2.48. The van der Waals surface area contributed by atoms with Gasteiger partial charge in [0.15, 0.2) is 0 Å². The van der Waals surface area contributed by atoms with E-state index in [1.165, 1.54) is 16.7 Å². The summed E-state index contributed by atoms with van der Waals surface area (Å²) in [6, 6.07) is 11.9. The standard InChI is InChI=1S/C25H31N5O6S/c1-28(20-8-11-29(12-9-20)17-18-14-22(34-2)16-23(15-18)35-3)25(31)30-13-10-27-24(30)19-4-6-21(7-5-19)36-37(26,32)33/h4-7,10,13-16,20H,8-9,11-12,17H2,1-3H3,(H2,26,32,33). The molecule has 11 nitrogen and oxygen atoms in total. The van der Waals surface area contributed by atoms with Gasteiger partial charge in [-0.2, -0.15) is 13.6 Å². The minimum Gasteiger partial charge on any atom is -0.497 e. The van der Waals surface area contributed by atoms with E-state index in [9.17, 15) is 13.2 Å². The number of methoxy groups -OCH3 is 2. The zero-order chi connectivity index (χ0) is 26.6. The number of amides is 1. The third kappa shape index (κ3) is 6.59. The van der Waals surface area contributed by atoms with E-state index >= 15 is 0 Å². The highest BCUT2D eigenvalue weighted by atomic mass is 32.2. The molecule has 4 rings (SSSR count). The minimum absolute atomic E-state index is 0.0759. The van der Waals surface area contributed by atoms with Crippen LogP contribution in [0.15, 0.2) is 54.9 Å². The molecule has 2 N–H and O–H groups in total. The molecule has 0 unspecified atom stereocenters. The molecule has 3 aromatic rings. The van der Waals surface area contributed by atoms with Crippen LogP contribution in [0, 0.1) is 0 Å². The lowest BCUT2D eigenvalue weighted by Gasteiger charge is -2.36. The predicted octanol–water partition coefficient (Wildman–Crippen LogP) is 2.71. The smallest absolute Gasteiger partial charge is 0.380 e. The highest BCUT2D eigenvalue weighted by Crippen LogP contribution is 2.26. The Hall–Kier alpha value is -3.61. The first-order chi connectivity index (χ1) is 17.7. The molecule has 0 atom stereocenters. The number of benzene rings is 2. The summed E-state index contributed by atoms with van der Waals surface area (Å²) in [7, 11) is 0.973. The Morgan fingerprint density at radius 1 is 1.05 bits per heavy atom. The number of ether oxygens (including phenoxy) is 2. The van der Waals surface area contributed by atoms with Crippen LogP contribution in [0.4, 0.5) is 4.79 Å². The first-order valence-corrected chi connectivity index (χ1v) is 13.2. The molecule has 0 saturated carbocycles. The Balaban J connectivity index is 1.38. The van der Waals surface area contributed by atoms with Crippen molar-refractivity contribution in [1.29, 1.82) is 0 Å². The molecule has 0 spiro atoms. The van der Waals surface area contributed by atoms with Gasteiger partial charge >= 0.3 is 16.3 Å². The topological polar surface area (TPSA) is 129 Å². The van der Waals surface area contributed by atoms with Crippen LogP contribution in [-0.2, 0) is 16.8 Å². The lowest BCUT2D eigenvalue weighted by atomic mass is 10.0. The Labute approximate surface area is 216 Å². The first-order valence-electron chi connectivity index (χ1n) is 11.7. The number of likely N-dealkylation sites (tertiary alicyclic amines) is 1. The number of carbonyl (C=O) groups excluding carboxylic acids is 1. The Morgan fingerprint density at radius 2 is 1.68 bits per heavy atom.